The van der Waals surface area contributed by atoms with Gasteiger partial charge in [-0.1, -0.05) is 30.3 Å². The molecule has 114 valence electrons. The molecule has 0 bridgehead atoms. The van der Waals surface area contributed by atoms with Crippen LogP contribution in [0.5, 0.6) is 0 Å². The van der Waals surface area contributed by atoms with E-state index in [2.05, 4.69) is 9.97 Å². The Morgan fingerprint density at radius 1 is 1.17 bits per heavy atom. The fourth-order valence-electron chi connectivity index (χ4n) is 2.67. The Kier molecular flexibility index (Phi) is 3.01. The van der Waals surface area contributed by atoms with Crippen LogP contribution in [-0.2, 0) is 6.54 Å². The average molecular weight is 305 g/mol. The van der Waals surface area contributed by atoms with Crippen LogP contribution in [0.3, 0.4) is 0 Å². The fraction of sp³-hybridized carbons (Fsp3) is 0.167. The van der Waals surface area contributed by atoms with Gasteiger partial charge in [0, 0.05) is 5.69 Å². The molecule has 0 N–H and O–H groups in total. The van der Waals surface area contributed by atoms with Crippen molar-refractivity contribution >= 4 is 22.2 Å². The van der Waals surface area contributed by atoms with Gasteiger partial charge >= 0.3 is 0 Å². The predicted molar refractivity (Wildman–Crippen MR) is 88.6 cm³/mol. The quantitative estimate of drug-likeness (QED) is 0.570. The number of aromatic nitrogens is 3. The zero-order valence-corrected chi connectivity index (χ0v) is 12.9. The van der Waals surface area contributed by atoms with E-state index in [1.807, 2.05) is 50.2 Å². The minimum atomic E-state index is -0.188. The first kappa shape index (κ1) is 13.7. The summed E-state index contributed by atoms with van der Waals surface area (Å²) >= 11 is 0. The molecule has 0 saturated heterocycles. The number of hydrogen-bond acceptors (Lipinski definition) is 4. The largest absolute Gasteiger partial charge is 0.430 e. The van der Waals surface area contributed by atoms with Gasteiger partial charge in [-0.05, 0) is 31.0 Å². The lowest BCUT2D eigenvalue weighted by molar-refractivity contribution is 0.630. The molecular weight excluding hydrogens is 290 g/mol. The van der Waals surface area contributed by atoms with Crippen molar-refractivity contribution in [1.82, 2.24) is 14.5 Å². The minimum absolute atomic E-state index is 0.188. The molecule has 0 fully saturated rings. The minimum Gasteiger partial charge on any atom is -0.430 e. The average Bonchev–Trinajstić information content (AvgIpc) is 2.90. The summed E-state index contributed by atoms with van der Waals surface area (Å²) < 4.78 is 7.25. The third-order valence-corrected chi connectivity index (χ3v) is 4.08. The third kappa shape index (κ3) is 2.21. The second-order valence-corrected chi connectivity index (χ2v) is 5.69. The number of furan rings is 1. The van der Waals surface area contributed by atoms with E-state index in [4.69, 9.17) is 4.42 Å². The van der Waals surface area contributed by atoms with Crippen LogP contribution in [-0.4, -0.2) is 14.5 Å². The Hall–Kier alpha value is -2.95. The van der Waals surface area contributed by atoms with Crippen molar-refractivity contribution < 1.29 is 4.42 Å². The maximum Gasteiger partial charge on any atom is 0.297 e. The predicted octanol–water partition coefficient (Wildman–Crippen LogP) is 3.20. The highest BCUT2D eigenvalue weighted by Gasteiger charge is 2.15. The van der Waals surface area contributed by atoms with Gasteiger partial charge in [0.1, 0.15) is 5.52 Å². The van der Waals surface area contributed by atoms with Crippen molar-refractivity contribution in [3.63, 3.8) is 0 Å². The molecule has 0 unspecified atom stereocenters. The molecule has 4 rings (SSSR count). The number of aryl methyl sites for hydroxylation is 2. The van der Waals surface area contributed by atoms with Crippen LogP contribution in [0.1, 0.15) is 16.8 Å². The summed E-state index contributed by atoms with van der Waals surface area (Å²) in [6, 6.07) is 11.8. The lowest BCUT2D eigenvalue weighted by atomic mass is 10.2. The summed E-state index contributed by atoms with van der Waals surface area (Å²) in [5, 5.41) is 0.784. The first-order valence-electron chi connectivity index (χ1n) is 7.43. The maximum atomic E-state index is 12.7. The molecule has 0 aliphatic rings. The van der Waals surface area contributed by atoms with Crippen LogP contribution in [0, 0.1) is 13.8 Å². The van der Waals surface area contributed by atoms with E-state index in [0.29, 0.717) is 17.8 Å². The highest BCUT2D eigenvalue weighted by molar-refractivity contribution is 6.00. The van der Waals surface area contributed by atoms with Crippen molar-refractivity contribution in [2.75, 3.05) is 0 Å². The first-order chi connectivity index (χ1) is 11.1. The second-order valence-electron chi connectivity index (χ2n) is 5.69. The van der Waals surface area contributed by atoms with Crippen LogP contribution >= 0.6 is 0 Å². The first-order valence-corrected chi connectivity index (χ1v) is 7.43. The Morgan fingerprint density at radius 2 is 1.96 bits per heavy atom. The Labute approximate surface area is 132 Å². The Bertz CT molecular complexity index is 1080. The molecule has 0 atom stereocenters. The molecule has 3 aromatic heterocycles. The lowest BCUT2D eigenvalue weighted by Crippen LogP contribution is -2.20. The number of fused-ring (bicyclic) bond motifs is 3. The molecule has 0 spiro atoms. The number of pyridine rings is 1. The lowest BCUT2D eigenvalue weighted by Gasteiger charge is -2.04. The summed E-state index contributed by atoms with van der Waals surface area (Å²) in [7, 11) is 0. The van der Waals surface area contributed by atoms with Gasteiger partial charge in [-0.15, -0.1) is 0 Å². The molecule has 0 radical (unpaired) electrons. The van der Waals surface area contributed by atoms with Gasteiger partial charge < -0.3 is 4.42 Å². The molecule has 1 aromatic carbocycles. The van der Waals surface area contributed by atoms with Crippen molar-refractivity contribution in [1.29, 1.82) is 0 Å². The topological polar surface area (TPSA) is 60.9 Å². The summed E-state index contributed by atoms with van der Waals surface area (Å²) in [6.45, 7) is 4.37. The van der Waals surface area contributed by atoms with Gasteiger partial charge in [0.25, 0.3) is 5.56 Å². The molecular formula is C18H15N3O2. The molecule has 0 saturated carbocycles. The normalized spacial score (nSPS) is 11.4. The number of benzene rings is 1. The molecule has 23 heavy (non-hydrogen) atoms. The van der Waals surface area contributed by atoms with E-state index in [1.54, 1.807) is 10.9 Å². The van der Waals surface area contributed by atoms with Gasteiger partial charge in [-0.2, -0.15) is 0 Å². The highest BCUT2D eigenvalue weighted by atomic mass is 16.3. The SMILES string of the molecule is Cc1cc2c(nc1C)oc1c(=O)n(Cc3ccccc3)cnc12. The fourth-order valence-corrected chi connectivity index (χ4v) is 2.67. The Morgan fingerprint density at radius 3 is 2.74 bits per heavy atom. The molecule has 0 amide bonds. The van der Waals surface area contributed by atoms with Gasteiger partial charge in [0.15, 0.2) is 0 Å². The van der Waals surface area contributed by atoms with E-state index in [9.17, 15) is 4.79 Å². The van der Waals surface area contributed by atoms with Crippen molar-refractivity contribution in [3.05, 3.63) is 69.9 Å². The van der Waals surface area contributed by atoms with Crippen molar-refractivity contribution in [2.45, 2.75) is 20.4 Å². The number of nitrogens with zero attached hydrogens (tertiary/aromatic N) is 3. The molecule has 0 aliphatic carbocycles. The monoisotopic (exact) mass is 305 g/mol. The summed E-state index contributed by atoms with van der Waals surface area (Å²) in [6.07, 6.45) is 1.57. The summed E-state index contributed by atoms with van der Waals surface area (Å²) in [5.41, 5.74) is 4.09. The maximum absolute atomic E-state index is 12.7. The smallest absolute Gasteiger partial charge is 0.297 e. The zero-order valence-electron chi connectivity index (χ0n) is 12.9. The van der Waals surface area contributed by atoms with E-state index in [-0.39, 0.29) is 11.1 Å². The van der Waals surface area contributed by atoms with Crippen LogP contribution in [0.25, 0.3) is 22.2 Å². The van der Waals surface area contributed by atoms with Crippen LogP contribution in [0.2, 0.25) is 0 Å². The van der Waals surface area contributed by atoms with Gasteiger partial charge in [-0.3, -0.25) is 9.36 Å². The second kappa shape index (κ2) is 5.05. The molecule has 0 aliphatic heterocycles. The standard InChI is InChI=1S/C18H15N3O2/c1-11-8-14-15-16(23-17(14)20-12(11)2)18(22)21(10-19-15)9-13-6-4-3-5-7-13/h3-8,10H,9H2,1-2H3. The van der Waals surface area contributed by atoms with Gasteiger partial charge in [0.2, 0.25) is 11.3 Å². The van der Waals surface area contributed by atoms with Gasteiger partial charge in [0.05, 0.1) is 18.3 Å². The van der Waals surface area contributed by atoms with E-state index >= 15 is 0 Å². The molecule has 5 nitrogen and oxygen atoms in total. The zero-order chi connectivity index (χ0) is 16.0. The third-order valence-electron chi connectivity index (χ3n) is 4.08. The van der Waals surface area contributed by atoms with E-state index in [1.165, 1.54) is 0 Å². The summed E-state index contributed by atoms with van der Waals surface area (Å²) in [5.74, 6) is 0. The van der Waals surface area contributed by atoms with Crippen LogP contribution in [0.15, 0.2) is 51.9 Å². The van der Waals surface area contributed by atoms with Crippen LogP contribution in [0.4, 0.5) is 0 Å². The summed E-state index contributed by atoms with van der Waals surface area (Å²) in [4.78, 5) is 21.5. The van der Waals surface area contributed by atoms with E-state index < -0.39 is 0 Å². The van der Waals surface area contributed by atoms with Gasteiger partial charge in [-0.25, -0.2) is 9.97 Å². The highest BCUT2D eigenvalue weighted by Crippen LogP contribution is 2.25. The molecule has 3 heterocycles. The number of rotatable bonds is 2. The Balaban J connectivity index is 1.91. The van der Waals surface area contributed by atoms with Crippen molar-refractivity contribution in [2.24, 2.45) is 0 Å². The molecule has 4 aromatic rings. The number of hydrogen-bond donors (Lipinski definition) is 0. The van der Waals surface area contributed by atoms with Crippen LogP contribution < -0.4 is 5.56 Å². The van der Waals surface area contributed by atoms with E-state index in [0.717, 1.165) is 22.2 Å². The van der Waals surface area contributed by atoms with Crippen molar-refractivity contribution in [3.8, 4) is 0 Å². The molecule has 5 heteroatoms.